The monoisotopic (exact) mass is 320 g/mol. The number of nitrogens with one attached hydrogen (secondary N) is 2. The Morgan fingerprint density at radius 3 is 2.48 bits per heavy atom. The molecule has 0 saturated heterocycles. The molecule has 1 rings (SSSR count). The van der Waals surface area contributed by atoms with Crippen molar-refractivity contribution in [1.29, 1.82) is 0 Å². The van der Waals surface area contributed by atoms with Gasteiger partial charge in [0.25, 0.3) is 0 Å². The molecule has 0 radical (unpaired) electrons. The number of hydrogen-bond donors (Lipinski definition) is 2. The van der Waals surface area contributed by atoms with Crippen molar-refractivity contribution in [2.45, 2.75) is 37.0 Å². The summed E-state index contributed by atoms with van der Waals surface area (Å²) in [5, 5.41) is 5.29. The molecule has 1 unspecified atom stereocenters. The zero-order valence-electron chi connectivity index (χ0n) is 11.8. The fourth-order valence-electron chi connectivity index (χ4n) is 1.63. The van der Waals surface area contributed by atoms with Crippen LogP contribution in [0, 0.1) is 0 Å². The van der Waals surface area contributed by atoms with Crippen LogP contribution in [0.3, 0.4) is 0 Å². The van der Waals surface area contributed by atoms with E-state index in [1.165, 1.54) is 25.1 Å². The quantitative estimate of drug-likeness (QED) is 0.806. The maximum Gasteiger partial charge on any atom is 0.341 e. The van der Waals surface area contributed by atoms with Crippen LogP contribution in [0.15, 0.2) is 29.2 Å². The first-order chi connectivity index (χ1) is 9.80. The Hall–Kier alpha value is -1.70. The Morgan fingerprint density at radius 2 is 1.90 bits per heavy atom. The molecule has 0 aliphatic carbocycles. The van der Waals surface area contributed by atoms with Crippen molar-refractivity contribution in [3.05, 3.63) is 24.3 Å². The van der Waals surface area contributed by atoms with Gasteiger partial charge in [-0.15, -0.1) is 0 Å². The molecule has 0 aliphatic rings. The molecule has 1 atom stereocenters. The van der Waals surface area contributed by atoms with Crippen molar-refractivity contribution < 1.29 is 22.0 Å². The predicted octanol–water partition coefficient (Wildman–Crippen LogP) is 2.01. The van der Waals surface area contributed by atoms with Crippen LogP contribution in [0.2, 0.25) is 0 Å². The molecule has 0 aromatic heterocycles. The maximum absolute atomic E-state index is 12.6. The predicted molar refractivity (Wildman–Crippen MR) is 76.0 cm³/mol. The van der Waals surface area contributed by atoms with Crippen LogP contribution in [-0.2, 0) is 14.6 Å². The van der Waals surface area contributed by atoms with Gasteiger partial charge in [0.1, 0.15) is 6.04 Å². The number of halogens is 2. The molecule has 1 aromatic rings. The molecule has 118 valence electrons. The van der Waals surface area contributed by atoms with Crippen LogP contribution >= 0.6 is 0 Å². The van der Waals surface area contributed by atoms with Gasteiger partial charge in [0.05, 0.1) is 10.6 Å². The lowest BCUT2D eigenvalue weighted by molar-refractivity contribution is -0.121. The normalized spacial score (nSPS) is 13.0. The standard InChI is InChI=1S/C13H18F2N2O3S/c1-3-8-16-12(18)9(2)17-10-6-4-5-7-11(10)21(19,20)13(14)15/h4-7,9,13,17H,3,8H2,1-2H3,(H,16,18). The Morgan fingerprint density at radius 1 is 1.29 bits per heavy atom. The minimum atomic E-state index is -4.72. The summed E-state index contributed by atoms with van der Waals surface area (Å²) in [6.45, 7) is 3.90. The van der Waals surface area contributed by atoms with Gasteiger partial charge in [-0.1, -0.05) is 19.1 Å². The minimum absolute atomic E-state index is 0.0167. The average Bonchev–Trinajstić information content (AvgIpc) is 2.44. The fraction of sp³-hybridized carbons (Fsp3) is 0.462. The summed E-state index contributed by atoms with van der Waals surface area (Å²) in [5.41, 5.74) is -0.0167. The van der Waals surface area contributed by atoms with Crippen LogP contribution in [0.1, 0.15) is 20.3 Å². The van der Waals surface area contributed by atoms with Gasteiger partial charge in [-0.3, -0.25) is 4.79 Å². The lowest BCUT2D eigenvalue weighted by Gasteiger charge is -2.17. The highest BCUT2D eigenvalue weighted by Crippen LogP contribution is 2.26. The Balaban J connectivity index is 2.98. The highest BCUT2D eigenvalue weighted by Gasteiger charge is 2.29. The first-order valence-corrected chi connectivity index (χ1v) is 8.00. The van der Waals surface area contributed by atoms with Crippen molar-refractivity contribution in [2.24, 2.45) is 0 Å². The first kappa shape index (κ1) is 17.4. The van der Waals surface area contributed by atoms with Crippen LogP contribution in [-0.4, -0.2) is 32.7 Å². The van der Waals surface area contributed by atoms with Gasteiger partial charge in [0.2, 0.25) is 15.7 Å². The van der Waals surface area contributed by atoms with Crippen molar-refractivity contribution in [3.8, 4) is 0 Å². The number of alkyl halides is 2. The number of benzene rings is 1. The largest absolute Gasteiger partial charge is 0.373 e. The van der Waals surface area contributed by atoms with Gasteiger partial charge in [-0.25, -0.2) is 8.42 Å². The molecule has 1 aromatic carbocycles. The molecule has 0 fully saturated rings. The molecule has 0 heterocycles. The first-order valence-electron chi connectivity index (χ1n) is 6.46. The van der Waals surface area contributed by atoms with Crippen LogP contribution in [0.4, 0.5) is 14.5 Å². The van der Waals surface area contributed by atoms with Crippen LogP contribution in [0.5, 0.6) is 0 Å². The second-order valence-corrected chi connectivity index (χ2v) is 6.35. The lowest BCUT2D eigenvalue weighted by atomic mass is 10.2. The molecule has 0 saturated carbocycles. The second kappa shape index (κ2) is 7.35. The van der Waals surface area contributed by atoms with Crippen molar-refractivity contribution in [3.63, 3.8) is 0 Å². The highest BCUT2D eigenvalue weighted by atomic mass is 32.2. The van der Waals surface area contributed by atoms with E-state index in [0.717, 1.165) is 12.5 Å². The molecule has 0 bridgehead atoms. The Labute approximate surface area is 122 Å². The summed E-state index contributed by atoms with van der Waals surface area (Å²) in [5.74, 6) is -3.84. The lowest BCUT2D eigenvalue weighted by Crippen LogP contribution is -2.38. The van der Waals surface area contributed by atoms with Crippen molar-refractivity contribution in [2.75, 3.05) is 11.9 Å². The number of anilines is 1. The minimum Gasteiger partial charge on any atom is -0.373 e. The average molecular weight is 320 g/mol. The third kappa shape index (κ3) is 4.38. The van der Waals surface area contributed by atoms with E-state index in [4.69, 9.17) is 0 Å². The SMILES string of the molecule is CCCNC(=O)C(C)Nc1ccccc1S(=O)(=O)C(F)F. The summed E-state index contributed by atoms with van der Waals surface area (Å²) >= 11 is 0. The number of hydrogen-bond acceptors (Lipinski definition) is 4. The van der Waals surface area contributed by atoms with Crippen molar-refractivity contribution in [1.82, 2.24) is 5.32 Å². The van der Waals surface area contributed by atoms with Gasteiger partial charge in [0, 0.05) is 6.54 Å². The number of carbonyl (C=O) groups is 1. The third-order valence-corrected chi connectivity index (χ3v) is 4.18. The smallest absolute Gasteiger partial charge is 0.341 e. The Bertz CT molecular complexity index is 591. The van der Waals surface area contributed by atoms with Gasteiger partial charge in [-0.2, -0.15) is 8.78 Å². The number of para-hydroxylation sites is 1. The van der Waals surface area contributed by atoms with E-state index in [9.17, 15) is 22.0 Å². The summed E-state index contributed by atoms with van der Waals surface area (Å²) in [4.78, 5) is 11.2. The summed E-state index contributed by atoms with van der Waals surface area (Å²) in [7, 11) is -4.72. The van der Waals surface area contributed by atoms with Crippen molar-refractivity contribution >= 4 is 21.4 Å². The molecule has 5 nitrogen and oxygen atoms in total. The molecule has 0 aliphatic heterocycles. The fourth-order valence-corrected chi connectivity index (χ4v) is 2.52. The second-order valence-electron chi connectivity index (χ2n) is 4.46. The van der Waals surface area contributed by atoms with Crippen LogP contribution < -0.4 is 10.6 Å². The van der Waals surface area contributed by atoms with Crippen LogP contribution in [0.25, 0.3) is 0 Å². The zero-order valence-corrected chi connectivity index (χ0v) is 12.6. The van der Waals surface area contributed by atoms with Gasteiger partial charge >= 0.3 is 5.76 Å². The molecule has 21 heavy (non-hydrogen) atoms. The maximum atomic E-state index is 12.6. The van der Waals surface area contributed by atoms with E-state index in [0.29, 0.717) is 6.54 Å². The molecule has 2 N–H and O–H groups in total. The van der Waals surface area contributed by atoms with E-state index in [2.05, 4.69) is 10.6 Å². The topological polar surface area (TPSA) is 75.3 Å². The number of rotatable bonds is 7. The van der Waals surface area contributed by atoms with E-state index in [1.54, 1.807) is 0 Å². The molecular weight excluding hydrogens is 302 g/mol. The van der Waals surface area contributed by atoms with E-state index >= 15 is 0 Å². The van der Waals surface area contributed by atoms with E-state index < -0.39 is 26.5 Å². The number of sulfone groups is 1. The molecule has 1 amide bonds. The number of amides is 1. The van der Waals surface area contributed by atoms with Gasteiger partial charge < -0.3 is 10.6 Å². The third-order valence-electron chi connectivity index (χ3n) is 2.74. The van der Waals surface area contributed by atoms with Gasteiger partial charge in [0.15, 0.2) is 0 Å². The van der Waals surface area contributed by atoms with E-state index in [1.807, 2.05) is 6.92 Å². The zero-order chi connectivity index (χ0) is 16.0. The Kier molecular flexibility index (Phi) is 6.07. The summed E-state index contributed by atoms with van der Waals surface area (Å²) in [6, 6.07) is 4.54. The molecule has 8 heteroatoms. The highest BCUT2D eigenvalue weighted by molar-refractivity contribution is 7.91. The molecule has 0 spiro atoms. The molecular formula is C13H18F2N2O3S. The number of carbonyl (C=O) groups excluding carboxylic acids is 1. The van der Waals surface area contributed by atoms with Gasteiger partial charge in [-0.05, 0) is 25.5 Å². The van der Waals surface area contributed by atoms with E-state index in [-0.39, 0.29) is 11.6 Å². The summed E-state index contributed by atoms with van der Waals surface area (Å²) < 4.78 is 48.5. The summed E-state index contributed by atoms with van der Waals surface area (Å²) in [6.07, 6.45) is 0.759.